The number of Topliss-reactive ketones (excluding diaryl/α,β-unsaturated/α-hetero) is 2. The van der Waals surface area contributed by atoms with Gasteiger partial charge in [-0.3, -0.25) is 14.4 Å². The first-order valence-electron chi connectivity index (χ1n) is 10.9. The number of para-hydroxylation sites is 1. The highest BCUT2D eigenvalue weighted by Gasteiger charge is 2.77. The number of benzene rings is 1. The van der Waals surface area contributed by atoms with Gasteiger partial charge in [0.05, 0.1) is 29.0 Å². The topological polar surface area (TPSA) is 131 Å². The standard InChI is InChI=1S/C23H22N4O6S/c1-10(28)27-14-7-26-18-16(12(8-33-22(24)31)23(26,32-2)21(14)27)20(30)17-11(19(18)29)9-34-15-6-4-3-5-13(15)25-17/h3-6,12,14,21,25H,7-9H2,1-2H3,(H2,24,31)/t12-,14+,21+,23-,27?/m1/s1. The Morgan fingerprint density at radius 2 is 2.03 bits per heavy atom. The second-order valence-electron chi connectivity index (χ2n) is 8.87. The second kappa shape index (κ2) is 7.09. The van der Waals surface area contributed by atoms with Crippen molar-refractivity contribution in [2.75, 3.05) is 31.3 Å². The quantitative estimate of drug-likeness (QED) is 0.475. The first-order valence-corrected chi connectivity index (χ1v) is 11.9. The molecule has 2 saturated heterocycles. The van der Waals surface area contributed by atoms with E-state index in [1.54, 1.807) is 9.80 Å². The van der Waals surface area contributed by atoms with Crippen molar-refractivity contribution in [2.24, 2.45) is 11.7 Å². The normalized spacial score (nSPS) is 30.7. The van der Waals surface area contributed by atoms with Gasteiger partial charge in [-0.2, -0.15) is 0 Å². The van der Waals surface area contributed by atoms with Gasteiger partial charge in [0, 0.05) is 42.4 Å². The molecule has 0 bridgehead atoms. The number of carbonyl (C=O) groups excluding carboxylic acids is 4. The molecule has 1 aromatic rings. The number of ketones is 2. The molecule has 6 rings (SSSR count). The van der Waals surface area contributed by atoms with Crippen molar-refractivity contribution in [3.05, 3.63) is 46.8 Å². The molecule has 1 aromatic carbocycles. The molecule has 34 heavy (non-hydrogen) atoms. The number of ether oxygens (including phenoxy) is 2. The largest absolute Gasteiger partial charge is 0.449 e. The molecule has 3 N–H and O–H groups in total. The Morgan fingerprint density at radius 1 is 1.26 bits per heavy atom. The van der Waals surface area contributed by atoms with Gasteiger partial charge in [0.2, 0.25) is 17.5 Å². The lowest BCUT2D eigenvalue weighted by atomic mass is 9.82. The smallest absolute Gasteiger partial charge is 0.404 e. The van der Waals surface area contributed by atoms with E-state index in [9.17, 15) is 19.2 Å². The first kappa shape index (κ1) is 21.2. The SMILES string of the molecule is CO[C@@]12[C@H](COC(N)=O)C3=C(C(=O)C4=C(Nc5ccccc5SC4)C3=O)N1C[C@H]1[C@@H]2N1C(C)=O. The number of thioether (sulfide) groups is 1. The van der Waals surface area contributed by atoms with Crippen LogP contribution < -0.4 is 11.1 Å². The Morgan fingerprint density at radius 3 is 2.74 bits per heavy atom. The molecule has 2 fully saturated rings. The maximum atomic E-state index is 14.0. The summed E-state index contributed by atoms with van der Waals surface area (Å²) in [5.74, 6) is -1.17. The Kier molecular flexibility index (Phi) is 4.43. The predicted molar refractivity (Wildman–Crippen MR) is 120 cm³/mol. The lowest BCUT2D eigenvalue weighted by molar-refractivity contribution is -0.152. The number of nitrogens with one attached hydrogen (secondary N) is 1. The van der Waals surface area contributed by atoms with E-state index < -0.39 is 17.7 Å². The Hall–Kier alpha value is -3.31. The summed E-state index contributed by atoms with van der Waals surface area (Å²) in [5, 5.41) is 3.18. The molecular weight excluding hydrogens is 460 g/mol. The van der Waals surface area contributed by atoms with Crippen molar-refractivity contribution in [2.45, 2.75) is 29.6 Å². The van der Waals surface area contributed by atoms with Crippen LogP contribution in [0.25, 0.3) is 0 Å². The van der Waals surface area contributed by atoms with Crippen LogP contribution in [0.5, 0.6) is 0 Å². The van der Waals surface area contributed by atoms with Gasteiger partial charge in [0.15, 0.2) is 5.72 Å². The van der Waals surface area contributed by atoms with Gasteiger partial charge in [-0.15, -0.1) is 11.8 Å². The lowest BCUT2D eigenvalue weighted by Gasteiger charge is -2.40. The van der Waals surface area contributed by atoms with E-state index in [0.29, 0.717) is 17.9 Å². The fourth-order valence-corrected chi connectivity index (χ4v) is 7.09. The van der Waals surface area contributed by atoms with E-state index in [0.717, 1.165) is 10.6 Å². The fraction of sp³-hybridized carbons (Fsp3) is 0.391. The van der Waals surface area contributed by atoms with Crippen molar-refractivity contribution in [1.29, 1.82) is 0 Å². The molecule has 4 atom stereocenters. The van der Waals surface area contributed by atoms with Gasteiger partial charge in [-0.05, 0) is 12.1 Å². The molecule has 0 unspecified atom stereocenters. The molecule has 2 amide bonds. The first-order chi connectivity index (χ1) is 16.3. The third kappa shape index (κ3) is 2.56. The summed E-state index contributed by atoms with van der Waals surface area (Å²) in [6, 6.07) is 7.04. The number of hydrogen-bond donors (Lipinski definition) is 2. The van der Waals surface area contributed by atoms with Crippen LogP contribution >= 0.6 is 11.8 Å². The summed E-state index contributed by atoms with van der Waals surface area (Å²) < 4.78 is 11.2. The molecule has 0 aromatic heterocycles. The van der Waals surface area contributed by atoms with Gasteiger partial charge < -0.3 is 30.3 Å². The van der Waals surface area contributed by atoms with Gasteiger partial charge in [0.25, 0.3) is 0 Å². The minimum atomic E-state index is -1.20. The van der Waals surface area contributed by atoms with Gasteiger partial charge in [-0.1, -0.05) is 12.1 Å². The van der Waals surface area contributed by atoms with Crippen molar-refractivity contribution in [3.63, 3.8) is 0 Å². The van der Waals surface area contributed by atoms with Crippen molar-refractivity contribution >= 4 is 41.0 Å². The summed E-state index contributed by atoms with van der Waals surface area (Å²) >= 11 is 1.49. The molecule has 0 saturated carbocycles. The number of amides is 2. The van der Waals surface area contributed by atoms with Crippen LogP contribution in [0.3, 0.4) is 0 Å². The number of hydrogen-bond acceptors (Lipinski definition) is 9. The number of anilines is 1. The second-order valence-corrected chi connectivity index (χ2v) is 9.89. The Bertz CT molecular complexity index is 1260. The zero-order valence-corrected chi connectivity index (χ0v) is 19.3. The van der Waals surface area contributed by atoms with Crippen LogP contribution in [0.15, 0.2) is 51.7 Å². The van der Waals surface area contributed by atoms with E-state index >= 15 is 0 Å². The summed E-state index contributed by atoms with van der Waals surface area (Å²) in [4.78, 5) is 56.0. The summed E-state index contributed by atoms with van der Waals surface area (Å²) in [5.41, 5.74) is 5.93. The molecule has 0 radical (unpaired) electrons. The molecular formula is C23H22N4O6S. The molecule has 11 heteroatoms. The number of nitrogens with zero attached hydrogens (tertiary/aromatic N) is 2. The van der Waals surface area contributed by atoms with Crippen LogP contribution in [-0.4, -0.2) is 77.2 Å². The van der Waals surface area contributed by atoms with Gasteiger partial charge in [-0.25, -0.2) is 4.79 Å². The molecule has 5 aliphatic rings. The Labute approximate surface area is 199 Å². The van der Waals surface area contributed by atoms with Crippen LogP contribution in [0.1, 0.15) is 6.92 Å². The number of nitrogens with two attached hydrogens (primary N) is 1. The Balaban J connectivity index is 1.46. The van der Waals surface area contributed by atoms with Crippen LogP contribution in [0.2, 0.25) is 0 Å². The number of fused-ring (bicyclic) bond motifs is 5. The average Bonchev–Trinajstić information content (AvgIpc) is 3.39. The zero-order valence-electron chi connectivity index (χ0n) is 18.5. The number of primary amides is 1. The van der Waals surface area contributed by atoms with Crippen molar-refractivity contribution in [3.8, 4) is 0 Å². The van der Waals surface area contributed by atoms with Gasteiger partial charge >= 0.3 is 6.09 Å². The number of piperazine rings is 1. The van der Waals surface area contributed by atoms with E-state index in [4.69, 9.17) is 15.2 Å². The van der Waals surface area contributed by atoms with E-state index in [-0.39, 0.29) is 53.1 Å². The van der Waals surface area contributed by atoms with E-state index in [1.165, 1.54) is 25.8 Å². The minimum absolute atomic E-state index is 0.119. The monoisotopic (exact) mass is 482 g/mol. The summed E-state index contributed by atoms with van der Waals surface area (Å²) in [6.07, 6.45) is -0.993. The maximum Gasteiger partial charge on any atom is 0.404 e. The summed E-state index contributed by atoms with van der Waals surface area (Å²) in [6.45, 7) is 1.58. The maximum absolute atomic E-state index is 14.0. The fourth-order valence-electron chi connectivity index (χ4n) is 6.07. The third-order valence-electron chi connectivity index (χ3n) is 7.38. The van der Waals surface area contributed by atoms with Crippen LogP contribution in [0.4, 0.5) is 10.5 Å². The lowest BCUT2D eigenvalue weighted by Crippen LogP contribution is -2.56. The number of rotatable bonds is 3. The van der Waals surface area contributed by atoms with Crippen LogP contribution in [0, 0.1) is 5.92 Å². The van der Waals surface area contributed by atoms with Crippen molar-refractivity contribution in [1.82, 2.24) is 9.80 Å². The molecule has 10 nitrogen and oxygen atoms in total. The molecule has 0 spiro atoms. The third-order valence-corrected chi connectivity index (χ3v) is 8.48. The highest BCUT2D eigenvalue weighted by atomic mass is 32.2. The van der Waals surface area contributed by atoms with Crippen molar-refractivity contribution < 1.29 is 28.7 Å². The molecule has 176 valence electrons. The number of allylic oxidation sites excluding steroid dienone is 2. The number of carbonyl (C=O) groups is 4. The average molecular weight is 483 g/mol. The zero-order chi connectivity index (χ0) is 23.9. The molecule has 4 heterocycles. The van der Waals surface area contributed by atoms with Crippen LogP contribution in [-0.2, 0) is 23.9 Å². The van der Waals surface area contributed by atoms with E-state index in [1.807, 2.05) is 24.3 Å². The highest BCUT2D eigenvalue weighted by Crippen LogP contribution is 2.60. The molecule has 1 aliphatic carbocycles. The minimum Gasteiger partial charge on any atom is -0.449 e. The number of methoxy groups -OCH3 is 1. The highest BCUT2D eigenvalue weighted by molar-refractivity contribution is 7.99. The summed E-state index contributed by atoms with van der Waals surface area (Å²) in [7, 11) is 1.49. The molecule has 4 aliphatic heterocycles. The van der Waals surface area contributed by atoms with E-state index in [2.05, 4.69) is 5.32 Å². The predicted octanol–water partition coefficient (Wildman–Crippen LogP) is 0.847. The van der Waals surface area contributed by atoms with Gasteiger partial charge in [0.1, 0.15) is 12.6 Å².